The molecule has 0 aliphatic carbocycles. The van der Waals surface area contributed by atoms with Crippen LogP contribution in [0.2, 0.25) is 0 Å². The summed E-state index contributed by atoms with van der Waals surface area (Å²) in [6, 6.07) is 9.16. The molecule has 106 valence electrons. The molecular formula is C17H23N3. The van der Waals surface area contributed by atoms with E-state index in [1.54, 1.807) is 6.33 Å². The van der Waals surface area contributed by atoms with E-state index in [9.17, 15) is 0 Å². The number of nitrogens with zero attached hydrogens (tertiary/aromatic N) is 2. The van der Waals surface area contributed by atoms with Gasteiger partial charge in [0.05, 0.1) is 0 Å². The molecule has 0 spiro atoms. The van der Waals surface area contributed by atoms with Gasteiger partial charge in [0.25, 0.3) is 0 Å². The first kappa shape index (κ1) is 14.7. The third kappa shape index (κ3) is 4.14. The lowest BCUT2D eigenvalue weighted by Gasteiger charge is -2.18. The van der Waals surface area contributed by atoms with Crippen LogP contribution in [0.5, 0.6) is 0 Å². The molecule has 1 aromatic heterocycles. The Labute approximate surface area is 121 Å². The molecule has 1 atom stereocenters. The largest absolute Gasteiger partial charge is 0.310 e. The normalized spacial score (nSPS) is 12.3. The quantitative estimate of drug-likeness (QED) is 0.838. The van der Waals surface area contributed by atoms with Crippen molar-refractivity contribution in [1.29, 1.82) is 0 Å². The van der Waals surface area contributed by atoms with Crippen LogP contribution in [-0.4, -0.2) is 16.5 Å². The third-order valence-corrected chi connectivity index (χ3v) is 3.49. The second-order valence-corrected chi connectivity index (χ2v) is 5.05. The summed E-state index contributed by atoms with van der Waals surface area (Å²) in [5.74, 6) is 0. The maximum absolute atomic E-state index is 4.13. The van der Waals surface area contributed by atoms with Crippen molar-refractivity contribution >= 4 is 0 Å². The molecule has 0 bridgehead atoms. The SMILES string of the molecule is CCCNC(Cc1ccc(CC)cc1)c1cncnc1. The lowest BCUT2D eigenvalue weighted by molar-refractivity contribution is 0.526. The fraction of sp³-hybridized carbons (Fsp3) is 0.412. The Morgan fingerprint density at radius 3 is 2.25 bits per heavy atom. The van der Waals surface area contributed by atoms with Gasteiger partial charge in [0.1, 0.15) is 6.33 Å². The van der Waals surface area contributed by atoms with E-state index in [1.807, 2.05) is 12.4 Å². The molecule has 1 N–H and O–H groups in total. The van der Waals surface area contributed by atoms with Crippen molar-refractivity contribution in [1.82, 2.24) is 15.3 Å². The summed E-state index contributed by atoms with van der Waals surface area (Å²) in [5, 5.41) is 3.58. The summed E-state index contributed by atoms with van der Waals surface area (Å²) in [5.41, 5.74) is 3.88. The van der Waals surface area contributed by atoms with Crippen molar-refractivity contribution in [3.05, 3.63) is 59.7 Å². The highest BCUT2D eigenvalue weighted by atomic mass is 14.9. The van der Waals surface area contributed by atoms with E-state index in [1.165, 1.54) is 11.1 Å². The van der Waals surface area contributed by atoms with Crippen molar-refractivity contribution in [2.75, 3.05) is 6.54 Å². The number of nitrogens with one attached hydrogen (secondary N) is 1. The second kappa shape index (κ2) is 7.75. The summed E-state index contributed by atoms with van der Waals surface area (Å²) in [6.45, 7) is 5.37. The summed E-state index contributed by atoms with van der Waals surface area (Å²) in [7, 11) is 0. The van der Waals surface area contributed by atoms with Gasteiger partial charge in [-0.1, -0.05) is 38.1 Å². The van der Waals surface area contributed by atoms with Gasteiger partial charge in [0.2, 0.25) is 0 Å². The molecule has 20 heavy (non-hydrogen) atoms. The predicted molar refractivity (Wildman–Crippen MR) is 82.6 cm³/mol. The van der Waals surface area contributed by atoms with Gasteiger partial charge in [-0.25, -0.2) is 9.97 Å². The summed E-state index contributed by atoms with van der Waals surface area (Å²) < 4.78 is 0. The van der Waals surface area contributed by atoms with Gasteiger partial charge in [-0.15, -0.1) is 0 Å². The Kier molecular flexibility index (Phi) is 5.69. The van der Waals surface area contributed by atoms with Gasteiger partial charge < -0.3 is 5.32 Å². The number of benzene rings is 1. The topological polar surface area (TPSA) is 37.8 Å². The van der Waals surface area contributed by atoms with E-state index in [-0.39, 0.29) is 6.04 Å². The van der Waals surface area contributed by atoms with E-state index >= 15 is 0 Å². The van der Waals surface area contributed by atoms with Crippen molar-refractivity contribution in [2.45, 2.75) is 39.2 Å². The summed E-state index contributed by atoms with van der Waals surface area (Å²) >= 11 is 0. The maximum Gasteiger partial charge on any atom is 0.115 e. The maximum atomic E-state index is 4.13. The van der Waals surface area contributed by atoms with Crippen molar-refractivity contribution < 1.29 is 0 Å². The molecule has 1 aromatic carbocycles. The molecule has 0 saturated carbocycles. The van der Waals surface area contributed by atoms with E-state index in [0.717, 1.165) is 31.4 Å². The highest BCUT2D eigenvalue weighted by Crippen LogP contribution is 2.17. The van der Waals surface area contributed by atoms with Crippen molar-refractivity contribution in [3.8, 4) is 0 Å². The van der Waals surface area contributed by atoms with Gasteiger partial charge in [-0.05, 0) is 36.9 Å². The lowest BCUT2D eigenvalue weighted by Crippen LogP contribution is -2.24. The number of hydrogen-bond acceptors (Lipinski definition) is 3. The first-order chi connectivity index (χ1) is 9.83. The van der Waals surface area contributed by atoms with E-state index in [2.05, 4.69) is 53.4 Å². The van der Waals surface area contributed by atoms with Crippen LogP contribution in [0, 0.1) is 0 Å². The van der Waals surface area contributed by atoms with Crippen molar-refractivity contribution in [2.24, 2.45) is 0 Å². The molecule has 1 heterocycles. The monoisotopic (exact) mass is 269 g/mol. The Balaban J connectivity index is 2.10. The number of hydrogen-bond donors (Lipinski definition) is 1. The molecule has 0 saturated heterocycles. The van der Waals surface area contributed by atoms with Crippen LogP contribution in [0.25, 0.3) is 0 Å². The fourth-order valence-electron chi connectivity index (χ4n) is 2.26. The Hall–Kier alpha value is -1.74. The Bertz CT molecular complexity index is 493. The first-order valence-electron chi connectivity index (χ1n) is 7.39. The van der Waals surface area contributed by atoms with E-state index < -0.39 is 0 Å². The minimum absolute atomic E-state index is 0.281. The molecule has 3 nitrogen and oxygen atoms in total. The minimum atomic E-state index is 0.281. The van der Waals surface area contributed by atoms with Crippen LogP contribution in [0.3, 0.4) is 0 Å². The highest BCUT2D eigenvalue weighted by Gasteiger charge is 2.12. The standard InChI is InChI=1S/C17H23N3/c1-3-9-20-17(16-11-18-13-19-12-16)10-15-7-5-14(4-2)6-8-15/h5-8,11-13,17,20H,3-4,9-10H2,1-2H3. The molecule has 0 aliphatic heterocycles. The van der Waals surface area contributed by atoms with Crippen molar-refractivity contribution in [3.63, 3.8) is 0 Å². The zero-order valence-electron chi connectivity index (χ0n) is 12.3. The zero-order valence-corrected chi connectivity index (χ0v) is 12.3. The predicted octanol–water partition coefficient (Wildman–Crippen LogP) is 3.32. The third-order valence-electron chi connectivity index (χ3n) is 3.49. The summed E-state index contributed by atoms with van der Waals surface area (Å²) in [6.07, 6.45) is 8.57. The van der Waals surface area contributed by atoms with Gasteiger partial charge in [0.15, 0.2) is 0 Å². The molecule has 0 aliphatic rings. The Morgan fingerprint density at radius 2 is 1.65 bits per heavy atom. The van der Waals surface area contributed by atoms with Gasteiger partial charge in [0, 0.05) is 24.0 Å². The number of rotatable bonds is 7. The first-order valence-corrected chi connectivity index (χ1v) is 7.39. The minimum Gasteiger partial charge on any atom is -0.310 e. The Morgan fingerprint density at radius 1 is 1.00 bits per heavy atom. The molecular weight excluding hydrogens is 246 g/mol. The van der Waals surface area contributed by atoms with Gasteiger partial charge in [-0.2, -0.15) is 0 Å². The molecule has 3 heteroatoms. The molecule has 0 radical (unpaired) electrons. The van der Waals surface area contributed by atoms with Crippen LogP contribution >= 0.6 is 0 Å². The van der Waals surface area contributed by atoms with Crippen LogP contribution in [0.1, 0.15) is 43.0 Å². The smallest absolute Gasteiger partial charge is 0.115 e. The molecule has 0 amide bonds. The van der Waals surface area contributed by atoms with Crippen LogP contribution in [0.4, 0.5) is 0 Å². The van der Waals surface area contributed by atoms with E-state index in [4.69, 9.17) is 0 Å². The lowest BCUT2D eigenvalue weighted by atomic mass is 9.99. The van der Waals surface area contributed by atoms with Gasteiger partial charge >= 0.3 is 0 Å². The molecule has 0 fully saturated rings. The summed E-state index contributed by atoms with van der Waals surface area (Å²) in [4.78, 5) is 8.26. The highest BCUT2D eigenvalue weighted by molar-refractivity contribution is 5.25. The molecule has 2 rings (SSSR count). The zero-order chi connectivity index (χ0) is 14.2. The van der Waals surface area contributed by atoms with Crippen LogP contribution in [0.15, 0.2) is 43.0 Å². The molecule has 2 aromatic rings. The van der Waals surface area contributed by atoms with E-state index in [0.29, 0.717) is 0 Å². The fourth-order valence-corrected chi connectivity index (χ4v) is 2.26. The average Bonchev–Trinajstić information content (AvgIpc) is 2.53. The van der Waals surface area contributed by atoms with Crippen LogP contribution in [-0.2, 0) is 12.8 Å². The average molecular weight is 269 g/mol. The number of aryl methyl sites for hydroxylation is 1. The molecule has 1 unspecified atom stereocenters. The number of aromatic nitrogens is 2. The van der Waals surface area contributed by atoms with Crippen LogP contribution < -0.4 is 5.32 Å². The van der Waals surface area contributed by atoms with Gasteiger partial charge in [-0.3, -0.25) is 0 Å². The second-order valence-electron chi connectivity index (χ2n) is 5.05.